The molecule has 1 saturated heterocycles. The molecular weight excluding hydrogens is 294 g/mol. The van der Waals surface area contributed by atoms with Crippen molar-refractivity contribution in [2.75, 3.05) is 25.6 Å². The molecule has 0 radical (unpaired) electrons. The first kappa shape index (κ1) is 15.5. The van der Waals surface area contributed by atoms with Crippen LogP contribution < -0.4 is 5.32 Å². The maximum atomic E-state index is 12.5. The van der Waals surface area contributed by atoms with Gasteiger partial charge in [0.05, 0.1) is 36.4 Å². The zero-order valence-corrected chi connectivity index (χ0v) is 13.2. The summed E-state index contributed by atoms with van der Waals surface area (Å²) < 4.78 is 6.94. The van der Waals surface area contributed by atoms with Gasteiger partial charge in [0.15, 0.2) is 0 Å². The smallest absolute Gasteiger partial charge is 0.322 e. The van der Waals surface area contributed by atoms with Crippen molar-refractivity contribution < 1.29 is 9.53 Å². The van der Waals surface area contributed by atoms with Crippen molar-refractivity contribution in [2.45, 2.75) is 25.3 Å². The summed E-state index contributed by atoms with van der Waals surface area (Å²) in [5.41, 5.74) is 1.57. The summed E-state index contributed by atoms with van der Waals surface area (Å²) in [6.07, 6.45) is 10.0. The molecule has 2 amide bonds. The number of carbonyl (C=O) groups is 1. The van der Waals surface area contributed by atoms with Gasteiger partial charge in [-0.05, 0) is 31.4 Å². The number of methoxy groups -OCH3 is 1. The summed E-state index contributed by atoms with van der Waals surface area (Å²) in [6.45, 7) is 1.34. The minimum Gasteiger partial charge on any atom is -0.383 e. The van der Waals surface area contributed by atoms with Crippen LogP contribution >= 0.6 is 0 Å². The van der Waals surface area contributed by atoms with Gasteiger partial charge in [0.2, 0.25) is 0 Å². The van der Waals surface area contributed by atoms with E-state index in [4.69, 9.17) is 4.74 Å². The molecule has 7 nitrogen and oxygen atoms in total. The maximum Gasteiger partial charge on any atom is 0.322 e. The van der Waals surface area contributed by atoms with E-state index in [9.17, 15) is 4.79 Å². The van der Waals surface area contributed by atoms with Crippen LogP contribution in [0.25, 0.3) is 5.69 Å². The van der Waals surface area contributed by atoms with E-state index in [1.54, 1.807) is 36.6 Å². The van der Waals surface area contributed by atoms with E-state index in [0.29, 0.717) is 12.3 Å². The minimum atomic E-state index is -0.0963. The molecule has 0 spiro atoms. The first-order chi connectivity index (χ1) is 11.3. The Balaban J connectivity index is 1.67. The number of ether oxygens (including phenoxy) is 1. The summed E-state index contributed by atoms with van der Waals surface area (Å²) in [6, 6.07) is 3.76. The van der Waals surface area contributed by atoms with Crippen LogP contribution in [0.1, 0.15) is 19.3 Å². The van der Waals surface area contributed by atoms with Gasteiger partial charge in [-0.3, -0.25) is 4.98 Å². The summed E-state index contributed by atoms with van der Waals surface area (Å²) in [7, 11) is 1.67. The average Bonchev–Trinajstić information content (AvgIpc) is 3.05. The van der Waals surface area contributed by atoms with E-state index in [2.05, 4.69) is 15.4 Å². The molecule has 2 aromatic rings. The van der Waals surface area contributed by atoms with Crippen LogP contribution in [0.15, 0.2) is 36.9 Å². The standard InChI is InChI=1S/C16H21N5O2/c1-23-12-15-4-2-3-9-20(15)16(22)19-13-10-18-21(11-13)14-5-7-17-8-6-14/h5-8,10-11,15H,2-4,9,12H2,1H3,(H,19,22). The lowest BCUT2D eigenvalue weighted by Crippen LogP contribution is -2.47. The lowest BCUT2D eigenvalue weighted by Gasteiger charge is -2.35. The largest absolute Gasteiger partial charge is 0.383 e. The molecule has 0 bridgehead atoms. The molecule has 1 N–H and O–H groups in total. The van der Waals surface area contributed by atoms with Crippen molar-refractivity contribution >= 4 is 11.7 Å². The van der Waals surface area contributed by atoms with Crippen LogP contribution in [-0.2, 0) is 4.74 Å². The van der Waals surface area contributed by atoms with Crippen LogP contribution in [0.2, 0.25) is 0 Å². The first-order valence-corrected chi connectivity index (χ1v) is 7.79. The second kappa shape index (κ2) is 7.23. The molecule has 1 unspecified atom stereocenters. The number of urea groups is 1. The predicted molar refractivity (Wildman–Crippen MR) is 86.6 cm³/mol. The zero-order chi connectivity index (χ0) is 16.1. The Kier molecular flexibility index (Phi) is 4.87. The fourth-order valence-corrected chi connectivity index (χ4v) is 2.85. The Morgan fingerprint density at radius 1 is 1.39 bits per heavy atom. The van der Waals surface area contributed by atoms with E-state index >= 15 is 0 Å². The Morgan fingerprint density at radius 2 is 2.22 bits per heavy atom. The van der Waals surface area contributed by atoms with Crippen molar-refractivity contribution in [3.05, 3.63) is 36.9 Å². The molecular formula is C16H21N5O2. The Morgan fingerprint density at radius 3 is 3.00 bits per heavy atom. The fourth-order valence-electron chi connectivity index (χ4n) is 2.85. The van der Waals surface area contributed by atoms with Crippen molar-refractivity contribution in [3.8, 4) is 5.69 Å². The number of pyridine rings is 1. The van der Waals surface area contributed by atoms with E-state index in [0.717, 1.165) is 31.5 Å². The molecule has 7 heteroatoms. The van der Waals surface area contributed by atoms with Gasteiger partial charge in [-0.2, -0.15) is 5.10 Å². The third kappa shape index (κ3) is 3.68. The normalized spacial score (nSPS) is 18.0. The number of aromatic nitrogens is 3. The van der Waals surface area contributed by atoms with Gasteiger partial charge in [-0.1, -0.05) is 0 Å². The molecule has 23 heavy (non-hydrogen) atoms. The topological polar surface area (TPSA) is 72.3 Å². The molecule has 0 aliphatic carbocycles. The second-order valence-corrected chi connectivity index (χ2v) is 5.61. The van der Waals surface area contributed by atoms with Gasteiger partial charge >= 0.3 is 6.03 Å². The molecule has 122 valence electrons. The SMILES string of the molecule is COCC1CCCCN1C(=O)Nc1cnn(-c2ccncc2)c1. The molecule has 1 fully saturated rings. The maximum absolute atomic E-state index is 12.5. The highest BCUT2D eigenvalue weighted by molar-refractivity contribution is 5.89. The number of piperidine rings is 1. The number of nitrogens with zero attached hydrogens (tertiary/aromatic N) is 4. The molecule has 3 heterocycles. The van der Waals surface area contributed by atoms with E-state index < -0.39 is 0 Å². The van der Waals surface area contributed by atoms with Gasteiger partial charge in [0.25, 0.3) is 0 Å². The number of nitrogens with one attached hydrogen (secondary N) is 1. The number of hydrogen-bond donors (Lipinski definition) is 1. The quantitative estimate of drug-likeness (QED) is 0.939. The number of rotatable bonds is 4. The summed E-state index contributed by atoms with van der Waals surface area (Å²) >= 11 is 0. The monoisotopic (exact) mass is 315 g/mol. The van der Waals surface area contributed by atoms with Gasteiger partial charge in [-0.25, -0.2) is 9.48 Å². The van der Waals surface area contributed by atoms with Crippen molar-refractivity contribution in [3.63, 3.8) is 0 Å². The van der Waals surface area contributed by atoms with Gasteiger partial charge in [-0.15, -0.1) is 0 Å². The van der Waals surface area contributed by atoms with Crippen molar-refractivity contribution in [2.24, 2.45) is 0 Å². The Labute approximate surface area is 135 Å². The molecule has 0 aromatic carbocycles. The molecule has 2 aromatic heterocycles. The van der Waals surface area contributed by atoms with Gasteiger partial charge < -0.3 is 15.0 Å². The van der Waals surface area contributed by atoms with Crippen LogP contribution in [0.5, 0.6) is 0 Å². The highest BCUT2D eigenvalue weighted by Crippen LogP contribution is 2.19. The number of hydrogen-bond acceptors (Lipinski definition) is 4. The molecule has 1 aliphatic rings. The molecule has 3 rings (SSSR count). The number of carbonyl (C=O) groups excluding carboxylic acids is 1. The van der Waals surface area contributed by atoms with Crippen molar-refractivity contribution in [1.82, 2.24) is 19.7 Å². The lowest BCUT2D eigenvalue weighted by atomic mass is 10.0. The van der Waals surface area contributed by atoms with E-state index in [1.165, 1.54) is 0 Å². The fraction of sp³-hybridized carbons (Fsp3) is 0.438. The molecule has 1 atom stereocenters. The average molecular weight is 315 g/mol. The lowest BCUT2D eigenvalue weighted by molar-refractivity contribution is 0.0878. The van der Waals surface area contributed by atoms with Crippen LogP contribution in [0.4, 0.5) is 10.5 Å². The van der Waals surface area contributed by atoms with Crippen molar-refractivity contribution in [1.29, 1.82) is 0 Å². The Hall–Kier alpha value is -2.41. The van der Waals surface area contributed by atoms with Crippen LogP contribution in [-0.4, -0.2) is 52.0 Å². The first-order valence-electron chi connectivity index (χ1n) is 7.79. The summed E-state index contributed by atoms with van der Waals surface area (Å²) in [4.78, 5) is 18.4. The number of amides is 2. The highest BCUT2D eigenvalue weighted by atomic mass is 16.5. The number of likely N-dealkylation sites (tertiary alicyclic amines) is 1. The third-order valence-corrected chi connectivity index (χ3v) is 4.01. The van der Waals surface area contributed by atoms with E-state index in [-0.39, 0.29) is 12.1 Å². The summed E-state index contributed by atoms with van der Waals surface area (Å²) in [5.74, 6) is 0. The summed E-state index contributed by atoms with van der Waals surface area (Å²) in [5, 5.41) is 7.19. The van der Waals surface area contributed by atoms with Crippen LogP contribution in [0.3, 0.4) is 0 Å². The second-order valence-electron chi connectivity index (χ2n) is 5.61. The molecule has 1 aliphatic heterocycles. The van der Waals surface area contributed by atoms with Gasteiger partial charge in [0, 0.05) is 26.0 Å². The minimum absolute atomic E-state index is 0.0963. The third-order valence-electron chi connectivity index (χ3n) is 4.01. The van der Waals surface area contributed by atoms with Gasteiger partial charge in [0.1, 0.15) is 0 Å². The molecule has 0 saturated carbocycles. The number of anilines is 1. The van der Waals surface area contributed by atoms with E-state index in [1.807, 2.05) is 17.0 Å². The zero-order valence-electron chi connectivity index (χ0n) is 13.2. The predicted octanol–water partition coefficient (Wildman–Crippen LogP) is 2.30. The highest BCUT2D eigenvalue weighted by Gasteiger charge is 2.26. The Bertz CT molecular complexity index is 641. The van der Waals surface area contributed by atoms with Crippen LogP contribution in [0, 0.1) is 0 Å².